The van der Waals surface area contributed by atoms with Crippen LogP contribution in [0.4, 0.5) is 4.79 Å². The van der Waals surface area contributed by atoms with E-state index >= 15 is 0 Å². The van der Waals surface area contributed by atoms with Crippen molar-refractivity contribution >= 4 is 23.3 Å². The van der Waals surface area contributed by atoms with Crippen LogP contribution in [0.25, 0.3) is 11.3 Å². The van der Waals surface area contributed by atoms with E-state index in [-0.39, 0.29) is 18.0 Å². The molecule has 0 atom stereocenters. The summed E-state index contributed by atoms with van der Waals surface area (Å²) in [6, 6.07) is 8.32. The van der Waals surface area contributed by atoms with Crippen molar-refractivity contribution < 1.29 is 14.3 Å². The molecule has 0 spiro atoms. The van der Waals surface area contributed by atoms with Gasteiger partial charge in [0.05, 0.1) is 23.7 Å². The Kier molecular flexibility index (Phi) is 6.67. The second-order valence-corrected chi connectivity index (χ2v) is 8.36. The van der Waals surface area contributed by atoms with Crippen molar-refractivity contribution in [2.45, 2.75) is 46.1 Å². The van der Waals surface area contributed by atoms with E-state index in [9.17, 15) is 9.59 Å². The summed E-state index contributed by atoms with van der Waals surface area (Å²) in [5, 5.41) is 4.08. The summed E-state index contributed by atoms with van der Waals surface area (Å²) in [4.78, 5) is 31.7. The summed E-state index contributed by atoms with van der Waals surface area (Å²) in [5.41, 5.74) is 3.14. The smallest absolute Gasteiger partial charge is 0.409 e. The minimum absolute atomic E-state index is 0.00611. The molecule has 1 aliphatic rings. The molecule has 6 nitrogen and oxygen atoms in total. The lowest BCUT2D eigenvalue weighted by Crippen LogP contribution is -2.47. The minimum Gasteiger partial charge on any atom is -0.450 e. The quantitative estimate of drug-likeness (QED) is 0.829. The first-order valence-electron chi connectivity index (χ1n) is 9.70. The van der Waals surface area contributed by atoms with Crippen molar-refractivity contribution in [3.8, 4) is 11.3 Å². The number of amides is 2. The van der Waals surface area contributed by atoms with Crippen LogP contribution in [0, 0.1) is 13.8 Å². The van der Waals surface area contributed by atoms with Gasteiger partial charge in [-0.05, 0) is 33.6 Å². The summed E-state index contributed by atoms with van der Waals surface area (Å²) in [6.45, 7) is 7.42. The maximum atomic E-state index is 12.6. The van der Waals surface area contributed by atoms with Gasteiger partial charge in [-0.25, -0.2) is 9.78 Å². The predicted octanol–water partition coefficient (Wildman–Crippen LogP) is 3.71. The molecule has 1 aliphatic heterocycles. The van der Waals surface area contributed by atoms with Gasteiger partial charge in [0, 0.05) is 29.6 Å². The number of benzene rings is 1. The van der Waals surface area contributed by atoms with Crippen molar-refractivity contribution in [2.24, 2.45) is 0 Å². The molecular weight excluding hydrogens is 374 g/mol. The van der Waals surface area contributed by atoms with Gasteiger partial charge in [-0.15, -0.1) is 11.3 Å². The van der Waals surface area contributed by atoms with Gasteiger partial charge in [-0.3, -0.25) is 4.79 Å². The highest BCUT2D eigenvalue weighted by Gasteiger charge is 2.25. The zero-order chi connectivity index (χ0) is 20.1. The second kappa shape index (κ2) is 9.19. The van der Waals surface area contributed by atoms with Crippen LogP contribution in [0.3, 0.4) is 0 Å². The van der Waals surface area contributed by atoms with Crippen LogP contribution >= 0.6 is 11.3 Å². The van der Waals surface area contributed by atoms with E-state index in [0.29, 0.717) is 26.1 Å². The Labute approximate surface area is 169 Å². The molecule has 1 fully saturated rings. The van der Waals surface area contributed by atoms with E-state index in [2.05, 4.69) is 41.5 Å². The molecule has 2 aromatic rings. The average Bonchev–Trinajstić information content (AvgIpc) is 3.03. The molecule has 3 rings (SSSR count). The molecule has 0 bridgehead atoms. The number of rotatable bonds is 5. The lowest BCUT2D eigenvalue weighted by Gasteiger charge is -2.31. The summed E-state index contributed by atoms with van der Waals surface area (Å²) >= 11 is 1.57. The summed E-state index contributed by atoms with van der Waals surface area (Å²) in [7, 11) is 0. The van der Waals surface area contributed by atoms with Crippen molar-refractivity contribution in [2.75, 3.05) is 19.7 Å². The highest BCUT2D eigenvalue weighted by Crippen LogP contribution is 2.29. The Morgan fingerprint density at radius 3 is 2.54 bits per heavy atom. The van der Waals surface area contributed by atoms with Crippen LogP contribution in [0.15, 0.2) is 24.3 Å². The zero-order valence-electron chi connectivity index (χ0n) is 16.7. The van der Waals surface area contributed by atoms with Gasteiger partial charge in [-0.1, -0.05) is 29.8 Å². The molecule has 0 radical (unpaired) electrons. The topological polar surface area (TPSA) is 71.5 Å². The van der Waals surface area contributed by atoms with E-state index in [1.807, 2.05) is 6.92 Å². The lowest BCUT2D eigenvalue weighted by atomic mass is 10.0. The number of hydrogen-bond donors (Lipinski definition) is 1. The summed E-state index contributed by atoms with van der Waals surface area (Å²) < 4.78 is 5.04. The van der Waals surface area contributed by atoms with Crippen LogP contribution in [-0.2, 0) is 16.0 Å². The average molecular weight is 402 g/mol. The number of carbonyl (C=O) groups is 2. The fourth-order valence-corrected chi connectivity index (χ4v) is 4.33. The van der Waals surface area contributed by atoms with Crippen LogP contribution < -0.4 is 5.32 Å². The number of piperidine rings is 1. The molecule has 150 valence electrons. The Morgan fingerprint density at radius 1 is 1.21 bits per heavy atom. The van der Waals surface area contributed by atoms with Gasteiger partial charge in [0.15, 0.2) is 0 Å². The Hall–Kier alpha value is -2.41. The molecule has 0 saturated carbocycles. The SMILES string of the molecule is CCOC(=O)N1CCC(NC(=O)Cc2sc(C)nc2-c2ccc(C)cc2)CC1. The first-order valence-corrected chi connectivity index (χ1v) is 10.5. The van der Waals surface area contributed by atoms with Crippen molar-refractivity contribution in [1.82, 2.24) is 15.2 Å². The standard InChI is InChI=1S/C21H27N3O3S/c1-4-27-21(26)24-11-9-17(10-12-24)23-19(25)13-18-20(22-15(3)28-18)16-7-5-14(2)6-8-16/h5-8,17H,4,9-13H2,1-3H3,(H,23,25). The fraction of sp³-hybridized carbons (Fsp3) is 0.476. The highest BCUT2D eigenvalue weighted by molar-refractivity contribution is 7.12. The molecule has 1 saturated heterocycles. The van der Waals surface area contributed by atoms with E-state index in [1.54, 1.807) is 23.2 Å². The van der Waals surface area contributed by atoms with Gasteiger partial charge in [0.2, 0.25) is 5.91 Å². The monoisotopic (exact) mass is 401 g/mol. The summed E-state index contributed by atoms with van der Waals surface area (Å²) in [6.07, 6.45) is 1.55. The lowest BCUT2D eigenvalue weighted by molar-refractivity contribution is -0.121. The predicted molar refractivity (Wildman–Crippen MR) is 110 cm³/mol. The number of likely N-dealkylation sites (tertiary alicyclic amines) is 1. The Morgan fingerprint density at radius 2 is 1.89 bits per heavy atom. The number of nitrogens with zero attached hydrogens (tertiary/aromatic N) is 2. The molecule has 1 aromatic heterocycles. The molecule has 2 amide bonds. The molecule has 2 heterocycles. The van der Waals surface area contributed by atoms with Crippen molar-refractivity contribution in [3.63, 3.8) is 0 Å². The zero-order valence-corrected chi connectivity index (χ0v) is 17.5. The van der Waals surface area contributed by atoms with Gasteiger partial charge in [-0.2, -0.15) is 0 Å². The van der Waals surface area contributed by atoms with E-state index in [1.165, 1.54) is 5.56 Å². The van der Waals surface area contributed by atoms with E-state index in [0.717, 1.165) is 34.0 Å². The number of thiazole rings is 1. The highest BCUT2D eigenvalue weighted by atomic mass is 32.1. The fourth-order valence-electron chi connectivity index (χ4n) is 3.37. The van der Waals surface area contributed by atoms with Crippen LogP contribution in [0.2, 0.25) is 0 Å². The second-order valence-electron chi connectivity index (χ2n) is 7.08. The van der Waals surface area contributed by atoms with Crippen molar-refractivity contribution in [3.05, 3.63) is 39.7 Å². The molecule has 0 unspecified atom stereocenters. The van der Waals surface area contributed by atoms with Gasteiger partial charge in [0.25, 0.3) is 0 Å². The van der Waals surface area contributed by atoms with E-state index < -0.39 is 0 Å². The van der Waals surface area contributed by atoms with Crippen LogP contribution in [-0.4, -0.2) is 47.6 Å². The number of hydrogen-bond acceptors (Lipinski definition) is 5. The maximum absolute atomic E-state index is 12.6. The molecule has 28 heavy (non-hydrogen) atoms. The number of carbonyl (C=O) groups excluding carboxylic acids is 2. The number of nitrogens with one attached hydrogen (secondary N) is 1. The van der Waals surface area contributed by atoms with Crippen LogP contribution in [0.1, 0.15) is 35.2 Å². The van der Waals surface area contributed by atoms with Gasteiger partial charge in [0.1, 0.15) is 0 Å². The van der Waals surface area contributed by atoms with Crippen molar-refractivity contribution in [1.29, 1.82) is 0 Å². The Bertz CT molecular complexity index is 824. The first-order chi connectivity index (χ1) is 13.5. The molecule has 1 N–H and O–H groups in total. The third-order valence-corrected chi connectivity index (χ3v) is 5.81. The van der Waals surface area contributed by atoms with Gasteiger partial charge >= 0.3 is 6.09 Å². The Balaban J connectivity index is 1.57. The summed E-state index contributed by atoms with van der Waals surface area (Å²) in [5.74, 6) is 0.00611. The number of aryl methyl sites for hydroxylation is 2. The maximum Gasteiger partial charge on any atom is 0.409 e. The first kappa shape index (κ1) is 20.3. The minimum atomic E-state index is -0.268. The van der Waals surface area contributed by atoms with E-state index in [4.69, 9.17) is 4.74 Å². The largest absolute Gasteiger partial charge is 0.450 e. The molecule has 0 aliphatic carbocycles. The third kappa shape index (κ3) is 5.10. The number of ether oxygens (including phenoxy) is 1. The number of aromatic nitrogens is 1. The van der Waals surface area contributed by atoms with Gasteiger partial charge < -0.3 is 15.0 Å². The third-order valence-electron chi connectivity index (χ3n) is 4.84. The van der Waals surface area contributed by atoms with Crippen LogP contribution in [0.5, 0.6) is 0 Å². The molecule has 7 heteroatoms. The molecular formula is C21H27N3O3S. The molecule has 1 aromatic carbocycles. The normalized spacial score (nSPS) is 14.8.